The molecule has 0 aromatic heterocycles. The van der Waals surface area contributed by atoms with Crippen molar-refractivity contribution in [2.24, 2.45) is 0 Å². The summed E-state index contributed by atoms with van der Waals surface area (Å²) < 4.78 is 11.2. The highest BCUT2D eigenvalue weighted by atomic mass is 16.5. The topological polar surface area (TPSA) is 27.3 Å². The minimum Gasteiger partial charge on any atom is -0.497 e. The van der Waals surface area contributed by atoms with Crippen molar-refractivity contribution in [2.45, 2.75) is 51.5 Å². The number of benzene rings is 1. The predicted molar refractivity (Wildman–Crippen MR) is 91.1 cm³/mol. The molecule has 2 fully saturated rings. The highest BCUT2D eigenvalue weighted by Gasteiger charge is 2.35. The zero-order chi connectivity index (χ0) is 16.2. The van der Waals surface area contributed by atoms with E-state index >= 15 is 0 Å². The Hall–Kier alpha value is -1.10. The first-order chi connectivity index (χ1) is 11.1. The number of hydrogen-bond donors (Lipinski definition) is 2. The lowest BCUT2D eigenvalue weighted by Gasteiger charge is -2.39. The van der Waals surface area contributed by atoms with Crippen LogP contribution in [0.15, 0.2) is 24.3 Å². The second-order valence-electron chi connectivity index (χ2n) is 7.38. The standard InChI is InChI=1S/C19H30N2O2/c1-15-12-21(13-16(2)23-15)18-7-9-20(10-8-18)14-17-5-4-6-19(11-17)22-3/h4-6,11,15-16,18H,7-10,12-14H2,1-3H3/p+2/t15-,16-/m1/s1. The van der Waals surface area contributed by atoms with Gasteiger partial charge in [0, 0.05) is 18.4 Å². The predicted octanol–water partition coefficient (Wildman–Crippen LogP) is -0.0654. The molecule has 0 saturated carbocycles. The van der Waals surface area contributed by atoms with Gasteiger partial charge in [-0.15, -0.1) is 0 Å². The molecule has 2 saturated heterocycles. The van der Waals surface area contributed by atoms with Crippen molar-refractivity contribution in [1.82, 2.24) is 0 Å². The molecule has 2 heterocycles. The van der Waals surface area contributed by atoms with Crippen LogP contribution in [-0.4, -0.2) is 51.5 Å². The first-order valence-electron chi connectivity index (χ1n) is 9.10. The van der Waals surface area contributed by atoms with Crippen LogP contribution in [0.1, 0.15) is 32.3 Å². The molecular weight excluding hydrogens is 288 g/mol. The Kier molecular flexibility index (Phi) is 5.57. The Morgan fingerprint density at radius 3 is 2.48 bits per heavy atom. The van der Waals surface area contributed by atoms with Crippen molar-refractivity contribution in [3.63, 3.8) is 0 Å². The summed E-state index contributed by atoms with van der Waals surface area (Å²) in [6.07, 6.45) is 3.51. The van der Waals surface area contributed by atoms with Gasteiger partial charge in [-0.3, -0.25) is 0 Å². The maximum absolute atomic E-state index is 5.89. The molecule has 0 unspecified atom stereocenters. The third kappa shape index (κ3) is 4.46. The second-order valence-corrected chi connectivity index (χ2v) is 7.38. The van der Waals surface area contributed by atoms with E-state index in [9.17, 15) is 0 Å². The van der Waals surface area contributed by atoms with Gasteiger partial charge < -0.3 is 19.3 Å². The van der Waals surface area contributed by atoms with E-state index in [1.807, 2.05) is 6.07 Å². The Bertz CT molecular complexity index is 490. The van der Waals surface area contributed by atoms with Gasteiger partial charge in [0.2, 0.25) is 0 Å². The fourth-order valence-electron chi connectivity index (χ4n) is 4.33. The molecule has 0 bridgehead atoms. The first-order valence-corrected chi connectivity index (χ1v) is 9.10. The lowest BCUT2D eigenvalue weighted by atomic mass is 10.0. The molecule has 2 atom stereocenters. The number of hydrogen-bond acceptors (Lipinski definition) is 2. The van der Waals surface area contributed by atoms with E-state index < -0.39 is 0 Å². The van der Waals surface area contributed by atoms with Gasteiger partial charge in [0.25, 0.3) is 0 Å². The number of methoxy groups -OCH3 is 1. The van der Waals surface area contributed by atoms with Gasteiger partial charge in [-0.05, 0) is 26.0 Å². The van der Waals surface area contributed by atoms with E-state index in [0.717, 1.165) is 18.3 Å². The molecule has 1 aromatic rings. The van der Waals surface area contributed by atoms with Crippen LogP contribution in [0.3, 0.4) is 0 Å². The third-order valence-corrected chi connectivity index (χ3v) is 5.42. The summed E-state index contributed by atoms with van der Waals surface area (Å²) in [7, 11) is 1.74. The molecule has 128 valence electrons. The molecule has 0 radical (unpaired) electrons. The van der Waals surface area contributed by atoms with Crippen LogP contribution in [-0.2, 0) is 11.3 Å². The fourth-order valence-corrected chi connectivity index (χ4v) is 4.33. The van der Waals surface area contributed by atoms with Gasteiger partial charge in [0.1, 0.15) is 37.6 Å². The number of quaternary nitrogens is 2. The average molecular weight is 320 g/mol. The molecule has 0 spiro atoms. The molecular formula is C19H32N2O2+2. The van der Waals surface area contributed by atoms with Crippen LogP contribution in [0.25, 0.3) is 0 Å². The minimum atomic E-state index is 0.413. The summed E-state index contributed by atoms with van der Waals surface area (Å²) in [6.45, 7) is 10.5. The van der Waals surface area contributed by atoms with Crippen LogP contribution in [0, 0.1) is 0 Å². The van der Waals surface area contributed by atoms with E-state index in [2.05, 4.69) is 32.0 Å². The van der Waals surface area contributed by atoms with Crippen molar-refractivity contribution >= 4 is 0 Å². The number of piperidine rings is 1. The summed E-state index contributed by atoms with van der Waals surface area (Å²) in [6, 6.07) is 9.35. The van der Waals surface area contributed by atoms with E-state index in [1.54, 1.807) is 16.9 Å². The SMILES string of the molecule is COc1cccc(C[NH+]2CCC([NH+]3C[C@@H](C)O[C@H](C)C3)CC2)c1. The summed E-state index contributed by atoms with van der Waals surface area (Å²) in [5.41, 5.74) is 1.39. The van der Waals surface area contributed by atoms with E-state index in [1.165, 1.54) is 44.6 Å². The number of morpholine rings is 1. The molecule has 2 N–H and O–H groups in total. The van der Waals surface area contributed by atoms with Crippen LogP contribution in [0.2, 0.25) is 0 Å². The maximum Gasteiger partial charge on any atom is 0.119 e. The van der Waals surface area contributed by atoms with Crippen molar-refractivity contribution in [1.29, 1.82) is 0 Å². The zero-order valence-corrected chi connectivity index (χ0v) is 14.8. The molecule has 3 rings (SSSR count). The highest BCUT2D eigenvalue weighted by molar-refractivity contribution is 5.27. The Labute approximate surface area is 140 Å². The molecule has 4 nitrogen and oxygen atoms in total. The molecule has 23 heavy (non-hydrogen) atoms. The van der Waals surface area contributed by atoms with Crippen molar-refractivity contribution < 1.29 is 19.3 Å². The normalized spacial score (nSPS) is 35.0. The Balaban J connectivity index is 1.50. The van der Waals surface area contributed by atoms with E-state index in [4.69, 9.17) is 9.47 Å². The summed E-state index contributed by atoms with van der Waals surface area (Å²) in [5.74, 6) is 0.970. The zero-order valence-electron chi connectivity index (χ0n) is 14.8. The number of rotatable bonds is 4. The molecule has 0 aliphatic carbocycles. The van der Waals surface area contributed by atoms with E-state index in [0.29, 0.717) is 12.2 Å². The molecule has 2 aliphatic rings. The number of nitrogens with one attached hydrogen (secondary N) is 2. The smallest absolute Gasteiger partial charge is 0.119 e. The van der Waals surface area contributed by atoms with Gasteiger partial charge in [-0.2, -0.15) is 0 Å². The molecule has 0 amide bonds. The number of ether oxygens (including phenoxy) is 2. The lowest BCUT2D eigenvalue weighted by Crippen LogP contribution is -3.22. The van der Waals surface area contributed by atoms with E-state index in [-0.39, 0.29) is 0 Å². The minimum absolute atomic E-state index is 0.413. The Morgan fingerprint density at radius 1 is 1.13 bits per heavy atom. The van der Waals surface area contributed by atoms with Gasteiger partial charge in [-0.1, -0.05) is 12.1 Å². The number of likely N-dealkylation sites (tertiary alicyclic amines) is 1. The van der Waals surface area contributed by atoms with Crippen LogP contribution >= 0.6 is 0 Å². The summed E-state index contributed by atoms with van der Waals surface area (Å²) >= 11 is 0. The van der Waals surface area contributed by atoms with Crippen LogP contribution < -0.4 is 14.5 Å². The summed E-state index contributed by atoms with van der Waals surface area (Å²) in [4.78, 5) is 3.49. The van der Waals surface area contributed by atoms with Gasteiger partial charge in [-0.25, -0.2) is 0 Å². The van der Waals surface area contributed by atoms with Gasteiger partial charge in [0.05, 0.1) is 26.2 Å². The van der Waals surface area contributed by atoms with Crippen LogP contribution in [0.5, 0.6) is 5.75 Å². The summed E-state index contributed by atoms with van der Waals surface area (Å²) in [5, 5.41) is 0. The van der Waals surface area contributed by atoms with Crippen molar-refractivity contribution in [3.05, 3.63) is 29.8 Å². The highest BCUT2D eigenvalue weighted by Crippen LogP contribution is 2.12. The van der Waals surface area contributed by atoms with Crippen LogP contribution in [0.4, 0.5) is 0 Å². The first kappa shape index (κ1) is 16.7. The van der Waals surface area contributed by atoms with Crippen molar-refractivity contribution in [2.75, 3.05) is 33.3 Å². The largest absolute Gasteiger partial charge is 0.497 e. The fraction of sp³-hybridized carbons (Fsp3) is 0.684. The maximum atomic E-state index is 5.89. The quantitative estimate of drug-likeness (QED) is 0.813. The molecule has 4 heteroatoms. The van der Waals surface area contributed by atoms with Crippen molar-refractivity contribution in [3.8, 4) is 5.75 Å². The van der Waals surface area contributed by atoms with Gasteiger partial charge in [0.15, 0.2) is 0 Å². The third-order valence-electron chi connectivity index (χ3n) is 5.42. The van der Waals surface area contributed by atoms with Gasteiger partial charge >= 0.3 is 0 Å². The second kappa shape index (κ2) is 7.65. The monoisotopic (exact) mass is 320 g/mol. The molecule has 1 aromatic carbocycles. The lowest BCUT2D eigenvalue weighted by molar-refractivity contribution is -0.970. The molecule has 2 aliphatic heterocycles. The average Bonchev–Trinajstić information content (AvgIpc) is 2.55. The Morgan fingerprint density at radius 2 is 1.83 bits per heavy atom.